The van der Waals surface area contributed by atoms with Crippen LogP contribution in [-0.4, -0.2) is 20.1 Å². The summed E-state index contributed by atoms with van der Waals surface area (Å²) in [5.41, 5.74) is 3.58. The molecule has 0 aliphatic rings. The molecule has 3 aromatic rings. The van der Waals surface area contributed by atoms with Crippen LogP contribution >= 0.6 is 0 Å². The van der Waals surface area contributed by atoms with E-state index in [1.165, 1.54) is 0 Å². The van der Waals surface area contributed by atoms with Gasteiger partial charge in [0.05, 0.1) is 18.8 Å². The maximum absolute atomic E-state index is 9.63. The number of nitrogens with zero attached hydrogens (tertiary/aromatic N) is 3. The van der Waals surface area contributed by atoms with Crippen LogP contribution in [0.3, 0.4) is 0 Å². The summed E-state index contributed by atoms with van der Waals surface area (Å²) in [4.78, 5) is 0. The van der Waals surface area contributed by atoms with E-state index < -0.39 is 0 Å². The van der Waals surface area contributed by atoms with Gasteiger partial charge in [-0.3, -0.25) is 0 Å². The summed E-state index contributed by atoms with van der Waals surface area (Å²) in [5.74, 6) is 0. The van der Waals surface area contributed by atoms with E-state index in [1.807, 2.05) is 60.7 Å². The van der Waals surface area contributed by atoms with Gasteiger partial charge in [0.25, 0.3) is 0 Å². The maximum Gasteiger partial charge on any atom is 0.118 e. The molecule has 0 aliphatic heterocycles. The molecule has 0 spiro atoms. The van der Waals surface area contributed by atoms with Gasteiger partial charge in [0.1, 0.15) is 5.69 Å². The summed E-state index contributed by atoms with van der Waals surface area (Å²) in [5, 5.41) is 18.0. The minimum absolute atomic E-state index is 0.0793. The molecule has 4 nitrogen and oxygen atoms in total. The van der Waals surface area contributed by atoms with E-state index in [-0.39, 0.29) is 6.61 Å². The van der Waals surface area contributed by atoms with Crippen molar-refractivity contribution in [3.63, 3.8) is 0 Å². The van der Waals surface area contributed by atoms with Crippen molar-refractivity contribution in [2.45, 2.75) is 13.2 Å². The average molecular weight is 265 g/mol. The molecule has 0 amide bonds. The third-order valence-electron chi connectivity index (χ3n) is 3.21. The number of benzene rings is 2. The Hall–Kier alpha value is -2.46. The third-order valence-corrected chi connectivity index (χ3v) is 3.21. The lowest BCUT2D eigenvalue weighted by Crippen LogP contribution is -2.06. The van der Waals surface area contributed by atoms with Crippen molar-refractivity contribution in [1.29, 1.82) is 0 Å². The van der Waals surface area contributed by atoms with Crippen LogP contribution < -0.4 is 0 Å². The Balaban J connectivity index is 1.96. The number of hydrogen-bond donors (Lipinski definition) is 1. The molecule has 20 heavy (non-hydrogen) atoms. The van der Waals surface area contributed by atoms with Crippen LogP contribution in [0.1, 0.15) is 11.3 Å². The molecule has 1 N–H and O–H groups in total. The van der Waals surface area contributed by atoms with E-state index in [1.54, 1.807) is 4.68 Å². The van der Waals surface area contributed by atoms with E-state index in [0.29, 0.717) is 6.54 Å². The van der Waals surface area contributed by atoms with Crippen LogP contribution in [0.5, 0.6) is 0 Å². The number of rotatable bonds is 4. The van der Waals surface area contributed by atoms with Crippen molar-refractivity contribution in [3.8, 4) is 11.3 Å². The standard InChI is InChI=1S/C16H15N3O/c20-12-15-16(14-9-5-2-6-10-14)17-18-19(15)11-13-7-3-1-4-8-13/h1-10,20H,11-12H2. The van der Waals surface area contributed by atoms with Crippen molar-refractivity contribution >= 4 is 0 Å². The summed E-state index contributed by atoms with van der Waals surface area (Å²) in [7, 11) is 0. The first-order valence-corrected chi connectivity index (χ1v) is 6.51. The summed E-state index contributed by atoms with van der Waals surface area (Å²) in [6, 6.07) is 19.8. The summed E-state index contributed by atoms with van der Waals surface area (Å²) in [6.07, 6.45) is 0. The van der Waals surface area contributed by atoms with Gasteiger partial charge in [-0.1, -0.05) is 65.9 Å². The van der Waals surface area contributed by atoms with Crippen LogP contribution in [0, 0.1) is 0 Å². The quantitative estimate of drug-likeness (QED) is 0.788. The number of aliphatic hydroxyl groups is 1. The minimum Gasteiger partial charge on any atom is -0.390 e. The van der Waals surface area contributed by atoms with Gasteiger partial charge in [-0.05, 0) is 5.56 Å². The Morgan fingerprint density at radius 3 is 2.20 bits per heavy atom. The lowest BCUT2D eigenvalue weighted by Gasteiger charge is -2.05. The number of hydrogen-bond acceptors (Lipinski definition) is 3. The predicted octanol–water partition coefficient (Wildman–Crippen LogP) is 2.49. The SMILES string of the molecule is OCc1c(-c2ccccc2)nnn1Cc1ccccc1. The van der Waals surface area contributed by atoms with E-state index in [0.717, 1.165) is 22.5 Å². The molecule has 0 aliphatic carbocycles. The normalized spacial score (nSPS) is 10.7. The lowest BCUT2D eigenvalue weighted by atomic mass is 10.1. The first-order valence-electron chi connectivity index (χ1n) is 6.51. The van der Waals surface area contributed by atoms with Crippen LogP contribution in [0.15, 0.2) is 60.7 Å². The van der Waals surface area contributed by atoms with Crippen molar-refractivity contribution in [1.82, 2.24) is 15.0 Å². The van der Waals surface area contributed by atoms with Gasteiger partial charge in [-0.2, -0.15) is 0 Å². The van der Waals surface area contributed by atoms with Gasteiger partial charge < -0.3 is 5.11 Å². The van der Waals surface area contributed by atoms with E-state index >= 15 is 0 Å². The van der Waals surface area contributed by atoms with Crippen LogP contribution in [-0.2, 0) is 13.2 Å². The van der Waals surface area contributed by atoms with Crippen LogP contribution in [0.4, 0.5) is 0 Å². The highest BCUT2D eigenvalue weighted by atomic mass is 16.3. The van der Waals surface area contributed by atoms with Gasteiger partial charge in [0.15, 0.2) is 0 Å². The first-order chi connectivity index (χ1) is 9.88. The highest BCUT2D eigenvalue weighted by Gasteiger charge is 2.13. The van der Waals surface area contributed by atoms with Gasteiger partial charge in [0, 0.05) is 5.56 Å². The van der Waals surface area contributed by atoms with Gasteiger partial charge in [-0.25, -0.2) is 4.68 Å². The highest BCUT2D eigenvalue weighted by molar-refractivity contribution is 5.60. The molecule has 0 saturated carbocycles. The van der Waals surface area contributed by atoms with E-state index in [9.17, 15) is 5.11 Å². The Morgan fingerprint density at radius 1 is 0.900 bits per heavy atom. The molecule has 1 aromatic heterocycles. The highest BCUT2D eigenvalue weighted by Crippen LogP contribution is 2.21. The fraction of sp³-hybridized carbons (Fsp3) is 0.125. The second-order valence-electron chi connectivity index (χ2n) is 4.55. The number of aliphatic hydroxyl groups excluding tert-OH is 1. The van der Waals surface area contributed by atoms with Crippen molar-refractivity contribution < 1.29 is 5.11 Å². The topological polar surface area (TPSA) is 50.9 Å². The van der Waals surface area contributed by atoms with Crippen molar-refractivity contribution in [2.75, 3.05) is 0 Å². The fourth-order valence-electron chi connectivity index (χ4n) is 2.19. The average Bonchev–Trinajstić information content (AvgIpc) is 2.92. The molecule has 100 valence electrons. The summed E-state index contributed by atoms with van der Waals surface area (Å²) in [6.45, 7) is 0.528. The van der Waals surface area contributed by atoms with Gasteiger partial charge >= 0.3 is 0 Å². The molecule has 0 fully saturated rings. The molecule has 2 aromatic carbocycles. The summed E-state index contributed by atoms with van der Waals surface area (Å²) < 4.78 is 1.75. The molecule has 0 saturated heterocycles. The molecule has 1 heterocycles. The zero-order chi connectivity index (χ0) is 13.8. The molecule has 0 radical (unpaired) electrons. The Morgan fingerprint density at radius 2 is 1.55 bits per heavy atom. The van der Waals surface area contributed by atoms with Crippen LogP contribution in [0.2, 0.25) is 0 Å². The third kappa shape index (κ3) is 2.46. The van der Waals surface area contributed by atoms with Crippen molar-refractivity contribution in [2.24, 2.45) is 0 Å². The first kappa shape index (κ1) is 12.6. The Bertz CT molecular complexity index is 677. The Labute approximate surface area is 117 Å². The van der Waals surface area contributed by atoms with Crippen LogP contribution in [0.25, 0.3) is 11.3 Å². The lowest BCUT2D eigenvalue weighted by molar-refractivity contribution is 0.269. The van der Waals surface area contributed by atoms with Crippen molar-refractivity contribution in [3.05, 3.63) is 71.9 Å². The largest absolute Gasteiger partial charge is 0.390 e. The molecule has 4 heteroatoms. The minimum atomic E-state index is -0.0793. The fourth-order valence-corrected chi connectivity index (χ4v) is 2.19. The van der Waals surface area contributed by atoms with Gasteiger partial charge in [0.2, 0.25) is 0 Å². The maximum atomic E-state index is 9.63. The molecular weight excluding hydrogens is 250 g/mol. The zero-order valence-electron chi connectivity index (χ0n) is 11.0. The Kier molecular flexibility index (Phi) is 3.56. The van der Waals surface area contributed by atoms with E-state index in [2.05, 4.69) is 10.3 Å². The molecule has 3 rings (SSSR count). The number of aromatic nitrogens is 3. The summed E-state index contributed by atoms with van der Waals surface area (Å²) >= 11 is 0. The van der Waals surface area contributed by atoms with Gasteiger partial charge in [-0.15, -0.1) is 5.10 Å². The second-order valence-corrected chi connectivity index (χ2v) is 4.55. The predicted molar refractivity (Wildman–Crippen MR) is 76.9 cm³/mol. The smallest absolute Gasteiger partial charge is 0.118 e. The molecule has 0 unspecified atom stereocenters. The molecule has 0 bridgehead atoms. The molecule has 0 atom stereocenters. The zero-order valence-corrected chi connectivity index (χ0v) is 11.0. The molecular formula is C16H15N3O. The second kappa shape index (κ2) is 5.67. The van der Waals surface area contributed by atoms with E-state index in [4.69, 9.17) is 0 Å². The monoisotopic (exact) mass is 265 g/mol.